The van der Waals surface area contributed by atoms with Crippen molar-refractivity contribution in [3.63, 3.8) is 0 Å². The second kappa shape index (κ2) is 42.5. The first kappa shape index (κ1) is 97.2. The normalized spacial score (nSPS) is 11.9. The summed E-state index contributed by atoms with van der Waals surface area (Å²) < 4.78 is 33.1. The van der Waals surface area contributed by atoms with Gasteiger partial charge in [-0.15, -0.1) is 0 Å². The molecule has 0 saturated carbocycles. The lowest BCUT2D eigenvalue weighted by molar-refractivity contribution is 0.411. The first-order valence-electron chi connectivity index (χ1n) is 45.6. The smallest absolute Gasteiger partial charge is 0.344 e. The summed E-state index contributed by atoms with van der Waals surface area (Å²) in [6.45, 7) is 32.4. The number of phenolic OH excluding ortho intramolecular Hbond substituents is 6. The van der Waals surface area contributed by atoms with E-state index in [4.69, 9.17) is 26.5 Å². The summed E-state index contributed by atoms with van der Waals surface area (Å²) in [4.78, 5) is 73.4. The fourth-order valence-corrected chi connectivity index (χ4v) is 16.7. The van der Waals surface area contributed by atoms with E-state index < -0.39 is 33.8 Å². The monoisotopic (exact) mass is 1810 g/mol. The third kappa shape index (κ3) is 23.6. The first-order valence-corrected chi connectivity index (χ1v) is 45.6. The van der Waals surface area contributed by atoms with Crippen molar-refractivity contribution in [2.45, 2.75) is 159 Å². The Hall–Kier alpha value is -15.3. The molecule has 0 bridgehead atoms. The van der Waals surface area contributed by atoms with Crippen molar-refractivity contribution >= 4 is 64.6 Å². The summed E-state index contributed by atoms with van der Waals surface area (Å²) in [7, 11) is 0. The molecule has 0 aliphatic heterocycles. The van der Waals surface area contributed by atoms with Crippen molar-refractivity contribution in [1.82, 2.24) is 0 Å². The molecule has 0 amide bonds. The second-order valence-corrected chi connectivity index (χ2v) is 37.1. The average Bonchev–Trinajstić information content (AvgIpc) is 0.802. The summed E-state index contributed by atoms with van der Waals surface area (Å²) in [5, 5.41) is 64.1. The largest absolute Gasteiger partial charge is 0.508 e. The molecule has 6 N–H and O–H groups in total. The van der Waals surface area contributed by atoms with Crippen LogP contribution in [0.5, 0.6) is 34.5 Å². The van der Waals surface area contributed by atoms with E-state index in [1.807, 2.05) is 146 Å². The van der Waals surface area contributed by atoms with Crippen molar-refractivity contribution in [1.29, 1.82) is 0 Å². The minimum Gasteiger partial charge on any atom is -0.508 e. The van der Waals surface area contributed by atoms with Gasteiger partial charge in [-0.2, -0.15) is 0 Å². The van der Waals surface area contributed by atoms with Crippen LogP contribution in [-0.4, -0.2) is 30.6 Å². The Morgan fingerprint density at radius 2 is 0.533 bits per heavy atom. The zero-order valence-corrected chi connectivity index (χ0v) is 78.7. The SMILES string of the molecule is CC(C)(C)Cc1ccccc1-c1cc2ccc(O)cc2c(=O)o1.CC(C)(C)c1ccccc1-c1cc2ccc(O)cc2c(=O)o1.CC(C)C(C)c1ccccc1-c1cc2ccc(O)cc2c(=O)o1.CC(C)Cc1ccccc1-c1cc2ccc(O)cc2c(=O)o1.CCC(C)c1ccccc1-c1cc2ccc(O)cc2c(=O)o1.CCC(CC)c1ccccc1-c1cc2ccc(O)cc2c(=O)o1. The number of hydrogen-bond donors (Lipinski definition) is 6. The van der Waals surface area contributed by atoms with E-state index in [1.165, 1.54) is 58.7 Å². The van der Waals surface area contributed by atoms with E-state index in [2.05, 4.69) is 140 Å². The highest BCUT2D eigenvalue weighted by atomic mass is 16.4. The van der Waals surface area contributed by atoms with Gasteiger partial charge in [-0.05, 0) is 247 Å². The number of benzene rings is 12. The van der Waals surface area contributed by atoms with Gasteiger partial charge in [-0.3, -0.25) is 0 Å². The number of hydrogen-bond acceptors (Lipinski definition) is 18. The lowest BCUT2D eigenvalue weighted by Gasteiger charge is -2.22. The maximum Gasteiger partial charge on any atom is 0.344 e. The molecule has 0 aliphatic carbocycles. The Labute approximate surface area is 783 Å². The predicted octanol–water partition coefficient (Wildman–Crippen LogP) is 28.3. The van der Waals surface area contributed by atoms with Crippen LogP contribution >= 0.6 is 0 Å². The third-order valence-corrected chi connectivity index (χ3v) is 24.1. The van der Waals surface area contributed by atoms with Crippen molar-refractivity contribution in [2.24, 2.45) is 17.3 Å². The molecule has 18 nitrogen and oxygen atoms in total. The molecule has 690 valence electrons. The summed E-state index contributed by atoms with van der Waals surface area (Å²) in [5.74, 6) is 5.95. The Kier molecular flexibility index (Phi) is 30.6. The molecule has 18 aromatic rings. The van der Waals surface area contributed by atoms with Gasteiger partial charge in [0, 0.05) is 33.4 Å². The highest BCUT2D eigenvalue weighted by molar-refractivity contribution is 5.91. The van der Waals surface area contributed by atoms with Gasteiger partial charge in [0.15, 0.2) is 0 Å². The molecule has 6 heterocycles. The molecule has 0 saturated heterocycles. The average molecular weight is 1810 g/mol. The minimum absolute atomic E-state index is 0.0565. The molecule has 0 fully saturated rings. The molecule has 18 heteroatoms. The molecule has 0 radical (unpaired) electrons. The van der Waals surface area contributed by atoms with E-state index in [0.29, 0.717) is 96.5 Å². The summed E-state index contributed by atoms with van der Waals surface area (Å²) >= 11 is 0. The number of rotatable bonds is 16. The number of aromatic hydroxyl groups is 6. The van der Waals surface area contributed by atoms with Crippen LogP contribution in [0.2, 0.25) is 0 Å². The van der Waals surface area contributed by atoms with E-state index in [0.717, 1.165) is 109 Å². The fraction of sp³-hybridized carbons (Fsp3) is 0.231. The van der Waals surface area contributed by atoms with Gasteiger partial charge in [-0.1, -0.05) is 286 Å². The molecular weight excluding hydrogens is 1690 g/mol. The highest BCUT2D eigenvalue weighted by Gasteiger charge is 2.25. The zero-order valence-electron chi connectivity index (χ0n) is 78.7. The predicted molar refractivity (Wildman–Crippen MR) is 543 cm³/mol. The van der Waals surface area contributed by atoms with Gasteiger partial charge in [-0.25, -0.2) is 28.8 Å². The van der Waals surface area contributed by atoms with Crippen LogP contribution in [0.3, 0.4) is 0 Å². The zero-order chi connectivity index (χ0) is 96.9. The van der Waals surface area contributed by atoms with Crippen molar-refractivity contribution in [2.75, 3.05) is 0 Å². The molecule has 12 aromatic carbocycles. The van der Waals surface area contributed by atoms with Crippen LogP contribution in [0.1, 0.15) is 174 Å². The van der Waals surface area contributed by atoms with Crippen LogP contribution in [0.4, 0.5) is 0 Å². The molecule has 2 unspecified atom stereocenters. The van der Waals surface area contributed by atoms with E-state index in [1.54, 1.807) is 72.8 Å². The number of phenols is 6. The van der Waals surface area contributed by atoms with Crippen LogP contribution in [0.15, 0.2) is 346 Å². The number of fused-ring (bicyclic) bond motifs is 6. The first-order chi connectivity index (χ1) is 64.4. The molecule has 0 aliphatic rings. The fourth-order valence-electron chi connectivity index (χ4n) is 16.7. The summed E-state index contributed by atoms with van der Waals surface area (Å²) in [6, 6.07) is 87.7. The summed E-state index contributed by atoms with van der Waals surface area (Å²) in [5.41, 5.74) is 10.2. The van der Waals surface area contributed by atoms with E-state index in [-0.39, 0.29) is 45.3 Å². The lowest BCUT2D eigenvalue weighted by Crippen LogP contribution is -2.13. The molecule has 135 heavy (non-hydrogen) atoms. The van der Waals surface area contributed by atoms with Gasteiger partial charge in [0.05, 0.1) is 32.3 Å². The van der Waals surface area contributed by atoms with E-state index >= 15 is 0 Å². The molecule has 0 spiro atoms. The Morgan fingerprint density at radius 3 is 0.844 bits per heavy atom. The van der Waals surface area contributed by atoms with Gasteiger partial charge in [0.2, 0.25) is 0 Å². The molecule has 2 atom stereocenters. The van der Waals surface area contributed by atoms with Crippen molar-refractivity contribution < 1.29 is 57.1 Å². The van der Waals surface area contributed by atoms with Crippen LogP contribution in [-0.2, 0) is 18.3 Å². The van der Waals surface area contributed by atoms with Crippen LogP contribution < -0.4 is 33.8 Å². The minimum atomic E-state index is -0.438. The highest BCUT2D eigenvalue weighted by Crippen LogP contribution is 2.41. The van der Waals surface area contributed by atoms with Crippen LogP contribution in [0, 0.1) is 17.3 Å². The topological polar surface area (TPSA) is 303 Å². The Bertz CT molecular complexity index is 7570. The molecule has 18 rings (SSSR count). The molecular formula is C117H114O18. The Morgan fingerprint density at radius 1 is 0.274 bits per heavy atom. The van der Waals surface area contributed by atoms with Crippen LogP contribution in [0.25, 0.3) is 133 Å². The second-order valence-electron chi connectivity index (χ2n) is 37.1. The van der Waals surface area contributed by atoms with Crippen molar-refractivity contribution in [3.05, 3.63) is 387 Å². The standard InChI is InChI=1S/3C20H20O3.3C19H18O3/c1-20(2,3)12-14-6-4-5-7-16(14)18-10-13-8-9-15(21)11-17(13)19(22)23-18;1-12(2)13(3)16-6-4-5-7-17(16)19-10-14-8-9-15(21)11-18(14)20(22)23-19;1-3-13(4-2)16-7-5-6-8-17(16)19-11-14-9-10-15(21)12-18(14)20(22)23-19;1-19(2,3)16-7-5-4-6-14(16)17-10-12-8-9-13(20)11-15(12)18(21)22-17;1-12(2)9-13-5-3-4-6-16(13)18-10-14-7-8-15(20)11-17(14)19(21)22-18;1-3-12(2)15-6-4-5-7-16(15)18-10-13-8-9-14(20)11-17(13)19(21)22-18/h4-11,21H,12H2,1-3H3;4-13,21H,1-3H3;5-13,21H,3-4H2,1-2H3;4-11,20H,1-3H3;3-8,10-12,20H,9H2,1-2H3;4-12,20H,3H2,1-2H3. The van der Waals surface area contributed by atoms with E-state index in [9.17, 15) is 59.4 Å². The van der Waals surface area contributed by atoms with Gasteiger partial charge < -0.3 is 57.1 Å². The van der Waals surface area contributed by atoms with Gasteiger partial charge in [0.1, 0.15) is 69.1 Å². The summed E-state index contributed by atoms with van der Waals surface area (Å²) in [6.07, 6.45) is 4.91. The molecule has 6 aromatic heterocycles. The van der Waals surface area contributed by atoms with Crippen molar-refractivity contribution in [3.8, 4) is 102 Å². The van der Waals surface area contributed by atoms with Gasteiger partial charge >= 0.3 is 33.8 Å². The quantitative estimate of drug-likeness (QED) is 0.0524. The maximum atomic E-state index is 12.3. The lowest BCUT2D eigenvalue weighted by atomic mass is 9.83. The third-order valence-electron chi connectivity index (χ3n) is 24.1. The van der Waals surface area contributed by atoms with Gasteiger partial charge in [0.25, 0.3) is 0 Å². The maximum absolute atomic E-state index is 12.3. The Balaban J connectivity index is 0.000000137.